The van der Waals surface area contributed by atoms with Gasteiger partial charge in [-0.15, -0.1) is 0 Å². The molecule has 0 amide bonds. The van der Waals surface area contributed by atoms with Crippen molar-refractivity contribution in [2.75, 3.05) is 0 Å². The zero-order valence-corrected chi connectivity index (χ0v) is 10.7. The van der Waals surface area contributed by atoms with Crippen LogP contribution in [0.15, 0.2) is 23.1 Å². The van der Waals surface area contributed by atoms with Crippen LogP contribution < -0.4 is 4.72 Å². The molecule has 1 N–H and O–H groups in total. The van der Waals surface area contributed by atoms with E-state index < -0.39 is 15.8 Å². The third-order valence-electron chi connectivity index (χ3n) is 2.86. The summed E-state index contributed by atoms with van der Waals surface area (Å²) >= 11 is 5.58. The Morgan fingerprint density at radius 3 is 2.53 bits per heavy atom. The Bertz CT molecular complexity index is 512. The highest BCUT2D eigenvalue weighted by Gasteiger charge is 2.25. The van der Waals surface area contributed by atoms with E-state index in [9.17, 15) is 12.8 Å². The fourth-order valence-electron chi connectivity index (χ4n) is 2.02. The van der Waals surface area contributed by atoms with Crippen molar-refractivity contribution in [3.05, 3.63) is 29.0 Å². The molecule has 0 spiro atoms. The van der Waals surface area contributed by atoms with Gasteiger partial charge in [0.1, 0.15) is 10.7 Å². The van der Waals surface area contributed by atoms with Gasteiger partial charge in [-0.3, -0.25) is 0 Å². The molecule has 1 aliphatic rings. The molecule has 0 atom stereocenters. The minimum atomic E-state index is -3.77. The Labute approximate surface area is 105 Å². The number of hydrogen-bond donors (Lipinski definition) is 1. The highest BCUT2D eigenvalue weighted by atomic mass is 35.5. The highest BCUT2D eigenvalue weighted by molar-refractivity contribution is 7.89. The van der Waals surface area contributed by atoms with Gasteiger partial charge in [-0.1, -0.05) is 24.4 Å². The second kappa shape index (κ2) is 4.92. The van der Waals surface area contributed by atoms with Gasteiger partial charge in [-0.2, -0.15) is 0 Å². The molecule has 2 rings (SSSR count). The third kappa shape index (κ3) is 2.97. The minimum absolute atomic E-state index is 0.0740. The van der Waals surface area contributed by atoms with Crippen molar-refractivity contribution < 1.29 is 12.8 Å². The normalized spacial score (nSPS) is 17.5. The predicted molar refractivity (Wildman–Crippen MR) is 64.0 cm³/mol. The fourth-order valence-corrected chi connectivity index (χ4v) is 3.54. The van der Waals surface area contributed by atoms with Crippen molar-refractivity contribution >= 4 is 21.6 Å². The molecule has 17 heavy (non-hydrogen) atoms. The first-order valence-corrected chi connectivity index (χ1v) is 7.32. The first-order chi connectivity index (χ1) is 7.99. The Morgan fingerprint density at radius 1 is 1.29 bits per heavy atom. The van der Waals surface area contributed by atoms with E-state index in [-0.39, 0.29) is 16.0 Å². The molecule has 0 aromatic heterocycles. The van der Waals surface area contributed by atoms with E-state index in [0.29, 0.717) is 0 Å². The zero-order valence-electron chi connectivity index (χ0n) is 9.12. The van der Waals surface area contributed by atoms with Crippen molar-refractivity contribution in [1.82, 2.24) is 4.72 Å². The van der Waals surface area contributed by atoms with Gasteiger partial charge in [-0.05, 0) is 31.0 Å². The minimum Gasteiger partial charge on any atom is -0.208 e. The summed E-state index contributed by atoms with van der Waals surface area (Å²) in [6, 6.07) is 3.49. The summed E-state index contributed by atoms with van der Waals surface area (Å²) in [6.07, 6.45) is 3.65. The number of hydrogen-bond acceptors (Lipinski definition) is 2. The first-order valence-electron chi connectivity index (χ1n) is 5.46. The van der Waals surface area contributed by atoms with Crippen molar-refractivity contribution in [2.45, 2.75) is 36.6 Å². The Hall–Kier alpha value is -0.650. The molecule has 3 nitrogen and oxygen atoms in total. The standard InChI is InChI=1S/C11H13ClFNO2S/c12-8-5-6-11(10(13)7-8)17(15,16)14-9-3-1-2-4-9/h5-7,9,14H,1-4H2. The van der Waals surface area contributed by atoms with Crippen LogP contribution >= 0.6 is 11.6 Å². The molecule has 0 heterocycles. The van der Waals surface area contributed by atoms with E-state index in [2.05, 4.69) is 4.72 Å². The first kappa shape index (κ1) is 12.8. The molecule has 0 bridgehead atoms. The van der Waals surface area contributed by atoms with Gasteiger partial charge in [0.2, 0.25) is 10.0 Å². The lowest BCUT2D eigenvalue weighted by Gasteiger charge is -2.12. The van der Waals surface area contributed by atoms with Crippen LogP contribution in [0.2, 0.25) is 5.02 Å². The van der Waals surface area contributed by atoms with Crippen molar-refractivity contribution in [1.29, 1.82) is 0 Å². The van der Waals surface area contributed by atoms with E-state index in [0.717, 1.165) is 31.7 Å². The van der Waals surface area contributed by atoms with Crippen molar-refractivity contribution in [2.24, 2.45) is 0 Å². The molecule has 6 heteroatoms. The van der Waals surface area contributed by atoms with Gasteiger partial charge in [0, 0.05) is 11.1 Å². The van der Waals surface area contributed by atoms with Crippen LogP contribution in [-0.2, 0) is 10.0 Å². The van der Waals surface area contributed by atoms with Gasteiger partial charge < -0.3 is 0 Å². The summed E-state index contributed by atoms with van der Waals surface area (Å²) < 4.78 is 39.9. The molecule has 94 valence electrons. The summed E-state index contributed by atoms with van der Waals surface area (Å²) in [5.74, 6) is -0.817. The van der Waals surface area contributed by atoms with Crippen LogP contribution in [-0.4, -0.2) is 14.5 Å². The van der Waals surface area contributed by atoms with Gasteiger partial charge >= 0.3 is 0 Å². The SMILES string of the molecule is O=S(=O)(NC1CCCC1)c1ccc(Cl)cc1F. The molecule has 0 unspecified atom stereocenters. The zero-order chi connectivity index (χ0) is 12.5. The van der Waals surface area contributed by atoms with Crippen LogP contribution in [0.5, 0.6) is 0 Å². The van der Waals surface area contributed by atoms with Gasteiger partial charge in [0.25, 0.3) is 0 Å². The lowest BCUT2D eigenvalue weighted by atomic mass is 10.3. The van der Waals surface area contributed by atoms with E-state index in [1.165, 1.54) is 12.1 Å². The topological polar surface area (TPSA) is 46.2 Å². The lowest BCUT2D eigenvalue weighted by Crippen LogP contribution is -2.33. The second-order valence-corrected chi connectivity index (χ2v) is 6.30. The summed E-state index contributed by atoms with van der Waals surface area (Å²) in [6.45, 7) is 0. The highest BCUT2D eigenvalue weighted by Crippen LogP contribution is 2.23. The van der Waals surface area contributed by atoms with Gasteiger partial charge in [-0.25, -0.2) is 17.5 Å². The molecule has 1 saturated carbocycles. The van der Waals surface area contributed by atoms with Crippen molar-refractivity contribution in [3.8, 4) is 0 Å². The predicted octanol–water partition coefficient (Wildman–Crippen LogP) is 2.70. The van der Waals surface area contributed by atoms with E-state index in [1.807, 2.05) is 0 Å². The Kier molecular flexibility index (Phi) is 3.70. The third-order valence-corrected chi connectivity index (χ3v) is 4.65. The maximum atomic E-state index is 13.5. The second-order valence-electron chi connectivity index (χ2n) is 4.18. The molecule has 0 saturated heterocycles. The van der Waals surface area contributed by atoms with E-state index >= 15 is 0 Å². The van der Waals surface area contributed by atoms with Crippen LogP contribution in [0.1, 0.15) is 25.7 Å². The van der Waals surface area contributed by atoms with Crippen LogP contribution in [0.3, 0.4) is 0 Å². The number of nitrogens with one attached hydrogen (secondary N) is 1. The largest absolute Gasteiger partial charge is 0.243 e. The summed E-state index contributed by atoms with van der Waals surface area (Å²) in [4.78, 5) is -0.339. The van der Waals surface area contributed by atoms with E-state index in [4.69, 9.17) is 11.6 Å². The number of halogens is 2. The maximum Gasteiger partial charge on any atom is 0.243 e. The maximum absolute atomic E-state index is 13.5. The lowest BCUT2D eigenvalue weighted by molar-refractivity contribution is 0.537. The quantitative estimate of drug-likeness (QED) is 0.923. The summed E-state index contributed by atoms with van der Waals surface area (Å²) in [5, 5.41) is 0.183. The molecular formula is C11H13ClFNO2S. The Morgan fingerprint density at radius 2 is 1.94 bits per heavy atom. The van der Waals surface area contributed by atoms with Crippen LogP contribution in [0.25, 0.3) is 0 Å². The van der Waals surface area contributed by atoms with Crippen LogP contribution in [0.4, 0.5) is 4.39 Å². The summed E-state index contributed by atoms with van der Waals surface area (Å²) in [5.41, 5.74) is 0. The van der Waals surface area contributed by atoms with Gasteiger partial charge in [0.15, 0.2) is 0 Å². The Balaban J connectivity index is 2.24. The van der Waals surface area contributed by atoms with Crippen molar-refractivity contribution in [3.63, 3.8) is 0 Å². The monoisotopic (exact) mass is 277 g/mol. The number of sulfonamides is 1. The summed E-state index contributed by atoms with van der Waals surface area (Å²) in [7, 11) is -3.77. The van der Waals surface area contributed by atoms with Gasteiger partial charge in [0.05, 0.1) is 0 Å². The molecule has 1 aromatic rings. The fraction of sp³-hybridized carbons (Fsp3) is 0.455. The molecule has 0 aliphatic heterocycles. The van der Waals surface area contributed by atoms with Crippen LogP contribution in [0, 0.1) is 5.82 Å². The molecule has 1 aliphatic carbocycles. The average Bonchev–Trinajstić information content (AvgIpc) is 2.68. The smallest absolute Gasteiger partial charge is 0.208 e. The molecule has 0 radical (unpaired) electrons. The number of benzene rings is 1. The molecular weight excluding hydrogens is 265 g/mol. The molecule has 1 aromatic carbocycles. The average molecular weight is 278 g/mol. The molecule has 1 fully saturated rings. The van der Waals surface area contributed by atoms with E-state index in [1.54, 1.807) is 0 Å². The number of rotatable bonds is 3.